The Balaban J connectivity index is 1.90. The molecule has 1 aliphatic rings. The van der Waals surface area contributed by atoms with E-state index in [0.717, 1.165) is 38.0 Å². The molecule has 1 aromatic rings. The smallest absolute Gasteiger partial charge is 0.237 e. The molecule has 0 bridgehead atoms. The van der Waals surface area contributed by atoms with Crippen LogP contribution in [0.15, 0.2) is 12.3 Å². The van der Waals surface area contributed by atoms with Gasteiger partial charge in [-0.05, 0) is 32.3 Å². The van der Waals surface area contributed by atoms with Crippen molar-refractivity contribution >= 4 is 5.91 Å². The zero-order valence-corrected chi connectivity index (χ0v) is 10.3. The van der Waals surface area contributed by atoms with Crippen molar-refractivity contribution < 1.29 is 4.79 Å². The van der Waals surface area contributed by atoms with Crippen LogP contribution in [0.2, 0.25) is 0 Å². The molecule has 1 aromatic heterocycles. The summed E-state index contributed by atoms with van der Waals surface area (Å²) in [6.45, 7) is 4.44. The lowest BCUT2D eigenvalue weighted by atomic mass is 10.1. The average molecular weight is 236 g/mol. The molecule has 1 saturated heterocycles. The highest BCUT2D eigenvalue weighted by Crippen LogP contribution is 2.07. The van der Waals surface area contributed by atoms with Gasteiger partial charge < -0.3 is 10.6 Å². The number of aryl methyl sites for hydroxylation is 1. The van der Waals surface area contributed by atoms with E-state index in [4.69, 9.17) is 0 Å². The van der Waals surface area contributed by atoms with Gasteiger partial charge in [-0.15, -0.1) is 0 Å². The van der Waals surface area contributed by atoms with Crippen LogP contribution in [0, 0.1) is 0 Å². The summed E-state index contributed by atoms with van der Waals surface area (Å²) in [4.78, 5) is 11.7. The number of hydrogen-bond donors (Lipinski definition) is 2. The topological polar surface area (TPSA) is 59.0 Å². The van der Waals surface area contributed by atoms with Gasteiger partial charge in [0, 0.05) is 25.8 Å². The summed E-state index contributed by atoms with van der Waals surface area (Å²) in [7, 11) is 0. The van der Waals surface area contributed by atoms with Crippen molar-refractivity contribution in [3.05, 3.63) is 18.0 Å². The van der Waals surface area contributed by atoms with E-state index in [1.54, 1.807) is 6.20 Å². The van der Waals surface area contributed by atoms with Crippen molar-refractivity contribution in [1.29, 1.82) is 0 Å². The number of amides is 1. The second kappa shape index (κ2) is 5.82. The largest absolute Gasteiger partial charge is 0.355 e. The van der Waals surface area contributed by atoms with Gasteiger partial charge in [-0.3, -0.25) is 9.48 Å². The predicted molar refractivity (Wildman–Crippen MR) is 65.4 cm³/mol. The first-order chi connectivity index (χ1) is 8.31. The van der Waals surface area contributed by atoms with Gasteiger partial charge in [-0.25, -0.2) is 0 Å². The predicted octanol–water partition coefficient (Wildman–Crippen LogP) is 0.661. The fourth-order valence-corrected chi connectivity index (χ4v) is 2.16. The molecular formula is C12H20N4O. The average Bonchev–Trinajstić information content (AvgIpc) is 2.70. The minimum atomic E-state index is -0.0577. The third-order valence-corrected chi connectivity index (χ3v) is 3.17. The summed E-state index contributed by atoms with van der Waals surface area (Å²) < 4.78 is 1.95. The SMILES string of the molecule is CCn1nccc1CNC1CCCCNC1=O. The van der Waals surface area contributed by atoms with E-state index in [-0.39, 0.29) is 11.9 Å². The fourth-order valence-electron chi connectivity index (χ4n) is 2.16. The van der Waals surface area contributed by atoms with E-state index in [1.807, 2.05) is 10.7 Å². The third-order valence-electron chi connectivity index (χ3n) is 3.17. The second-order valence-electron chi connectivity index (χ2n) is 4.36. The molecule has 17 heavy (non-hydrogen) atoms. The number of carbonyl (C=O) groups is 1. The molecule has 1 fully saturated rings. The summed E-state index contributed by atoms with van der Waals surface area (Å²) in [5, 5.41) is 10.5. The number of carbonyl (C=O) groups excluding carboxylic acids is 1. The van der Waals surface area contributed by atoms with Crippen molar-refractivity contribution in [2.75, 3.05) is 6.54 Å². The lowest BCUT2D eigenvalue weighted by Crippen LogP contribution is -2.42. The number of rotatable bonds is 4. The minimum Gasteiger partial charge on any atom is -0.355 e. The van der Waals surface area contributed by atoms with Crippen LogP contribution in [0.1, 0.15) is 31.9 Å². The summed E-state index contributed by atoms with van der Waals surface area (Å²) in [6.07, 6.45) is 4.90. The minimum absolute atomic E-state index is 0.0577. The first-order valence-corrected chi connectivity index (χ1v) is 6.33. The molecule has 0 aromatic carbocycles. The van der Waals surface area contributed by atoms with Crippen LogP contribution in [0.5, 0.6) is 0 Å². The Hall–Kier alpha value is -1.36. The van der Waals surface area contributed by atoms with Crippen LogP contribution in [-0.2, 0) is 17.9 Å². The quantitative estimate of drug-likeness (QED) is 0.807. The fraction of sp³-hybridized carbons (Fsp3) is 0.667. The monoisotopic (exact) mass is 236 g/mol. The molecule has 0 spiro atoms. The van der Waals surface area contributed by atoms with E-state index < -0.39 is 0 Å². The Labute approximate surface area is 102 Å². The van der Waals surface area contributed by atoms with E-state index in [2.05, 4.69) is 22.7 Å². The van der Waals surface area contributed by atoms with E-state index in [1.165, 1.54) is 0 Å². The summed E-state index contributed by atoms with van der Waals surface area (Å²) in [6, 6.07) is 1.93. The van der Waals surface area contributed by atoms with E-state index in [0.29, 0.717) is 6.54 Å². The van der Waals surface area contributed by atoms with Gasteiger partial charge in [-0.1, -0.05) is 0 Å². The molecule has 1 amide bonds. The number of nitrogens with zero attached hydrogens (tertiary/aromatic N) is 2. The molecule has 0 saturated carbocycles. The summed E-state index contributed by atoms with van der Waals surface area (Å²) in [5.74, 6) is 0.130. The highest BCUT2D eigenvalue weighted by Gasteiger charge is 2.19. The molecule has 1 unspecified atom stereocenters. The van der Waals surface area contributed by atoms with Gasteiger partial charge in [0.25, 0.3) is 0 Å². The van der Waals surface area contributed by atoms with Crippen LogP contribution in [0.4, 0.5) is 0 Å². The lowest BCUT2D eigenvalue weighted by molar-refractivity contribution is -0.122. The van der Waals surface area contributed by atoms with Crippen molar-refractivity contribution in [2.45, 2.75) is 45.3 Å². The third kappa shape index (κ3) is 3.06. The van der Waals surface area contributed by atoms with Crippen molar-refractivity contribution in [3.63, 3.8) is 0 Å². The maximum Gasteiger partial charge on any atom is 0.237 e. The molecule has 2 N–H and O–H groups in total. The molecule has 94 valence electrons. The van der Waals surface area contributed by atoms with Crippen LogP contribution < -0.4 is 10.6 Å². The number of nitrogens with one attached hydrogen (secondary N) is 2. The second-order valence-corrected chi connectivity index (χ2v) is 4.36. The highest BCUT2D eigenvalue weighted by atomic mass is 16.2. The molecule has 0 radical (unpaired) electrons. The number of hydrogen-bond acceptors (Lipinski definition) is 3. The van der Waals surface area contributed by atoms with Crippen LogP contribution in [-0.4, -0.2) is 28.3 Å². The van der Waals surface area contributed by atoms with Crippen LogP contribution >= 0.6 is 0 Å². The molecule has 5 nitrogen and oxygen atoms in total. The zero-order chi connectivity index (χ0) is 12.1. The Morgan fingerprint density at radius 3 is 3.29 bits per heavy atom. The van der Waals surface area contributed by atoms with Crippen molar-refractivity contribution in [1.82, 2.24) is 20.4 Å². The van der Waals surface area contributed by atoms with Gasteiger partial charge in [-0.2, -0.15) is 5.10 Å². The van der Waals surface area contributed by atoms with Crippen molar-refractivity contribution in [3.8, 4) is 0 Å². The molecule has 0 aliphatic carbocycles. The molecule has 1 aliphatic heterocycles. The Kier molecular flexibility index (Phi) is 4.14. The maximum atomic E-state index is 11.7. The molecule has 5 heteroatoms. The first-order valence-electron chi connectivity index (χ1n) is 6.33. The van der Waals surface area contributed by atoms with Crippen molar-refractivity contribution in [2.24, 2.45) is 0 Å². The maximum absolute atomic E-state index is 11.7. The zero-order valence-electron chi connectivity index (χ0n) is 10.3. The number of aromatic nitrogens is 2. The molecule has 2 heterocycles. The van der Waals surface area contributed by atoms with Crippen LogP contribution in [0.3, 0.4) is 0 Å². The highest BCUT2D eigenvalue weighted by molar-refractivity contribution is 5.81. The van der Waals surface area contributed by atoms with Crippen LogP contribution in [0.25, 0.3) is 0 Å². The molecule has 2 rings (SSSR count). The first kappa shape index (κ1) is 12.1. The Bertz CT molecular complexity index is 374. The van der Waals surface area contributed by atoms with Gasteiger partial charge in [0.05, 0.1) is 11.7 Å². The summed E-state index contributed by atoms with van der Waals surface area (Å²) >= 11 is 0. The molecule has 1 atom stereocenters. The lowest BCUT2D eigenvalue weighted by Gasteiger charge is -2.15. The Morgan fingerprint density at radius 2 is 2.47 bits per heavy atom. The molecular weight excluding hydrogens is 216 g/mol. The van der Waals surface area contributed by atoms with Gasteiger partial charge >= 0.3 is 0 Å². The summed E-state index contributed by atoms with van der Waals surface area (Å²) in [5.41, 5.74) is 1.13. The van der Waals surface area contributed by atoms with Gasteiger partial charge in [0.15, 0.2) is 0 Å². The Morgan fingerprint density at radius 1 is 1.59 bits per heavy atom. The van der Waals surface area contributed by atoms with E-state index >= 15 is 0 Å². The van der Waals surface area contributed by atoms with E-state index in [9.17, 15) is 4.79 Å². The standard InChI is InChI=1S/C12H20N4O/c1-2-16-10(6-8-15-16)9-14-11-5-3-4-7-13-12(11)17/h6,8,11,14H,2-5,7,9H2,1H3,(H,13,17). The van der Waals surface area contributed by atoms with Gasteiger partial charge in [0.2, 0.25) is 5.91 Å². The normalized spacial score (nSPS) is 21.0. The van der Waals surface area contributed by atoms with Gasteiger partial charge in [0.1, 0.15) is 0 Å².